The minimum absolute atomic E-state index is 0.0137. The molecule has 0 radical (unpaired) electrons. The van der Waals surface area contributed by atoms with Gasteiger partial charge in [-0.1, -0.05) is 0 Å². The molecule has 0 aromatic heterocycles. The molecule has 0 aliphatic heterocycles. The van der Waals surface area contributed by atoms with Crippen molar-refractivity contribution >= 4 is 5.78 Å². The van der Waals surface area contributed by atoms with Crippen molar-refractivity contribution in [2.24, 2.45) is 0 Å². The van der Waals surface area contributed by atoms with Gasteiger partial charge in [0.1, 0.15) is 17.4 Å². The highest BCUT2D eigenvalue weighted by molar-refractivity contribution is 5.98. The standard InChI is InChI=1S/C10H9NO3/c1-6(12)7-3-4-9(13)8(5-11)10(7)14-2/h3-4,13H,1-2H3. The third kappa shape index (κ3) is 1.52. The molecule has 72 valence electrons. The number of ether oxygens (including phenoxy) is 1. The van der Waals surface area contributed by atoms with E-state index >= 15 is 0 Å². The molecular formula is C10H9NO3. The Morgan fingerprint density at radius 2 is 2.21 bits per heavy atom. The summed E-state index contributed by atoms with van der Waals surface area (Å²) in [5, 5.41) is 18.1. The Hall–Kier alpha value is -2.02. The molecule has 1 N–H and O–H groups in total. The lowest BCUT2D eigenvalue weighted by Gasteiger charge is -2.08. The summed E-state index contributed by atoms with van der Waals surface area (Å²) in [6.07, 6.45) is 0. The molecule has 4 nitrogen and oxygen atoms in total. The van der Waals surface area contributed by atoms with E-state index in [2.05, 4.69) is 0 Å². The van der Waals surface area contributed by atoms with Crippen LogP contribution in [0.4, 0.5) is 0 Å². The van der Waals surface area contributed by atoms with Gasteiger partial charge >= 0.3 is 0 Å². The number of benzene rings is 1. The number of nitriles is 1. The Morgan fingerprint density at radius 1 is 1.57 bits per heavy atom. The average molecular weight is 191 g/mol. The molecule has 0 bridgehead atoms. The summed E-state index contributed by atoms with van der Waals surface area (Å²) < 4.78 is 4.91. The fourth-order valence-electron chi connectivity index (χ4n) is 1.17. The molecule has 0 spiro atoms. The largest absolute Gasteiger partial charge is 0.506 e. The van der Waals surface area contributed by atoms with Crippen molar-refractivity contribution in [1.29, 1.82) is 5.26 Å². The number of hydrogen-bond donors (Lipinski definition) is 1. The van der Waals surface area contributed by atoms with Gasteiger partial charge in [-0.15, -0.1) is 0 Å². The second kappa shape index (κ2) is 3.79. The number of nitrogens with zero attached hydrogens (tertiary/aromatic N) is 1. The van der Waals surface area contributed by atoms with Gasteiger partial charge in [0.05, 0.1) is 12.7 Å². The predicted octanol–water partition coefficient (Wildman–Crippen LogP) is 1.48. The summed E-state index contributed by atoms with van der Waals surface area (Å²) in [6, 6.07) is 4.51. The Morgan fingerprint density at radius 3 is 2.64 bits per heavy atom. The van der Waals surface area contributed by atoms with E-state index in [1.165, 1.54) is 26.2 Å². The van der Waals surface area contributed by atoms with Crippen molar-refractivity contribution in [3.8, 4) is 17.6 Å². The topological polar surface area (TPSA) is 70.3 Å². The molecule has 0 unspecified atom stereocenters. The number of carbonyl (C=O) groups is 1. The normalized spacial score (nSPS) is 9.21. The SMILES string of the molecule is COc1c(C(C)=O)ccc(O)c1C#N. The van der Waals surface area contributed by atoms with Crippen LogP contribution in [0.5, 0.6) is 11.5 Å². The number of phenols is 1. The van der Waals surface area contributed by atoms with Crippen LogP contribution < -0.4 is 4.74 Å². The molecular weight excluding hydrogens is 182 g/mol. The fourth-order valence-corrected chi connectivity index (χ4v) is 1.17. The number of methoxy groups -OCH3 is 1. The van der Waals surface area contributed by atoms with Crippen molar-refractivity contribution in [1.82, 2.24) is 0 Å². The second-order valence-corrected chi connectivity index (χ2v) is 2.71. The van der Waals surface area contributed by atoms with Crippen molar-refractivity contribution in [2.45, 2.75) is 6.92 Å². The van der Waals surface area contributed by atoms with Gasteiger partial charge in [0.25, 0.3) is 0 Å². The van der Waals surface area contributed by atoms with Gasteiger partial charge in [-0.05, 0) is 19.1 Å². The molecule has 0 aliphatic rings. The molecule has 0 atom stereocenters. The highest BCUT2D eigenvalue weighted by Gasteiger charge is 2.15. The van der Waals surface area contributed by atoms with Gasteiger partial charge in [-0.25, -0.2) is 0 Å². The van der Waals surface area contributed by atoms with E-state index in [0.717, 1.165) is 0 Å². The Balaban J connectivity index is 3.50. The first-order valence-corrected chi connectivity index (χ1v) is 3.92. The third-order valence-corrected chi connectivity index (χ3v) is 1.83. The molecule has 1 rings (SSSR count). The van der Waals surface area contributed by atoms with Crippen LogP contribution in [0.1, 0.15) is 22.8 Å². The molecule has 1 aromatic carbocycles. The van der Waals surface area contributed by atoms with Crippen LogP contribution in [0, 0.1) is 11.3 Å². The lowest BCUT2D eigenvalue weighted by Crippen LogP contribution is -1.99. The van der Waals surface area contributed by atoms with Gasteiger partial charge in [-0.2, -0.15) is 5.26 Å². The predicted molar refractivity (Wildman–Crippen MR) is 49.4 cm³/mol. The number of aromatic hydroxyl groups is 1. The molecule has 0 amide bonds. The summed E-state index contributed by atoms with van der Waals surface area (Å²) in [4.78, 5) is 11.1. The molecule has 0 saturated heterocycles. The van der Waals surface area contributed by atoms with Crippen LogP contribution in [0.25, 0.3) is 0 Å². The van der Waals surface area contributed by atoms with Gasteiger partial charge in [0.2, 0.25) is 0 Å². The highest BCUT2D eigenvalue weighted by Crippen LogP contribution is 2.30. The lowest BCUT2D eigenvalue weighted by atomic mass is 10.1. The van der Waals surface area contributed by atoms with Crippen LogP contribution in [0.15, 0.2) is 12.1 Å². The summed E-state index contributed by atoms with van der Waals surface area (Å²) in [6.45, 7) is 1.37. The van der Waals surface area contributed by atoms with Crippen molar-refractivity contribution in [3.63, 3.8) is 0 Å². The highest BCUT2D eigenvalue weighted by atomic mass is 16.5. The zero-order valence-corrected chi connectivity index (χ0v) is 7.87. The number of rotatable bonds is 2. The van der Waals surface area contributed by atoms with Crippen molar-refractivity contribution in [3.05, 3.63) is 23.3 Å². The van der Waals surface area contributed by atoms with E-state index < -0.39 is 0 Å². The van der Waals surface area contributed by atoms with Crippen LogP contribution in [-0.2, 0) is 0 Å². The minimum Gasteiger partial charge on any atom is -0.506 e. The van der Waals surface area contributed by atoms with Gasteiger partial charge < -0.3 is 9.84 Å². The van der Waals surface area contributed by atoms with Crippen LogP contribution in [0.2, 0.25) is 0 Å². The molecule has 0 saturated carbocycles. The maximum absolute atomic E-state index is 11.1. The molecule has 14 heavy (non-hydrogen) atoms. The van der Waals surface area contributed by atoms with E-state index in [-0.39, 0.29) is 22.8 Å². The first-order chi connectivity index (χ1) is 6.61. The molecule has 0 aliphatic carbocycles. The fraction of sp³-hybridized carbons (Fsp3) is 0.200. The molecule has 1 aromatic rings. The van der Waals surface area contributed by atoms with E-state index in [9.17, 15) is 9.90 Å². The van der Waals surface area contributed by atoms with E-state index in [1.54, 1.807) is 6.07 Å². The molecule has 0 fully saturated rings. The van der Waals surface area contributed by atoms with E-state index in [1.807, 2.05) is 0 Å². The zero-order chi connectivity index (χ0) is 10.7. The number of carbonyl (C=O) groups excluding carboxylic acids is 1. The summed E-state index contributed by atoms with van der Waals surface area (Å²) in [7, 11) is 1.35. The Labute approximate surface area is 81.4 Å². The van der Waals surface area contributed by atoms with Crippen LogP contribution in [0.3, 0.4) is 0 Å². The average Bonchev–Trinajstić information content (AvgIpc) is 2.16. The van der Waals surface area contributed by atoms with E-state index in [0.29, 0.717) is 5.56 Å². The summed E-state index contributed by atoms with van der Waals surface area (Å²) in [5.74, 6) is -0.271. The summed E-state index contributed by atoms with van der Waals surface area (Å²) >= 11 is 0. The smallest absolute Gasteiger partial charge is 0.163 e. The van der Waals surface area contributed by atoms with E-state index in [4.69, 9.17) is 10.00 Å². The van der Waals surface area contributed by atoms with Gasteiger partial charge in [0.15, 0.2) is 11.5 Å². The maximum Gasteiger partial charge on any atom is 0.163 e. The van der Waals surface area contributed by atoms with Crippen molar-refractivity contribution < 1.29 is 14.6 Å². The summed E-state index contributed by atoms with van der Waals surface area (Å²) in [5.41, 5.74) is 0.280. The molecule has 4 heteroatoms. The molecule has 0 heterocycles. The quantitative estimate of drug-likeness (QED) is 0.718. The number of ketones is 1. The maximum atomic E-state index is 11.1. The number of hydrogen-bond acceptors (Lipinski definition) is 4. The number of Topliss-reactive ketones (excluding diaryl/α,β-unsaturated/α-hetero) is 1. The Bertz CT molecular complexity index is 418. The minimum atomic E-state index is -0.210. The second-order valence-electron chi connectivity index (χ2n) is 2.71. The monoisotopic (exact) mass is 191 g/mol. The Kier molecular flexibility index (Phi) is 2.73. The van der Waals surface area contributed by atoms with Gasteiger partial charge in [0, 0.05) is 0 Å². The third-order valence-electron chi connectivity index (χ3n) is 1.83. The number of phenolic OH excluding ortho intramolecular Hbond substituents is 1. The van der Waals surface area contributed by atoms with Crippen LogP contribution >= 0.6 is 0 Å². The zero-order valence-electron chi connectivity index (χ0n) is 7.87. The first kappa shape index (κ1) is 10.1. The van der Waals surface area contributed by atoms with Crippen LogP contribution in [-0.4, -0.2) is 18.0 Å². The van der Waals surface area contributed by atoms with Gasteiger partial charge in [-0.3, -0.25) is 4.79 Å². The lowest BCUT2D eigenvalue weighted by molar-refractivity contribution is 0.101. The first-order valence-electron chi connectivity index (χ1n) is 3.92. The van der Waals surface area contributed by atoms with Crippen molar-refractivity contribution in [2.75, 3.05) is 7.11 Å².